The molecule has 3 atom stereocenters. The molecule has 0 spiro atoms. The first kappa shape index (κ1) is 23.7. The Hall–Kier alpha value is -2.93. The second-order valence-corrected chi connectivity index (χ2v) is 8.55. The monoisotopic (exact) mass is 444 g/mol. The van der Waals surface area contributed by atoms with Crippen LogP contribution in [0.5, 0.6) is 5.75 Å². The minimum Gasteiger partial charge on any atom is -0.496 e. The number of hydrogen-bond acceptors (Lipinski definition) is 4. The number of nitrogens with two attached hydrogens (primary N) is 1. The van der Waals surface area contributed by atoms with Crippen LogP contribution in [0, 0.1) is 18.7 Å². The molecule has 0 bridgehead atoms. The maximum Gasteiger partial charge on any atom is 0.328 e. The quantitative estimate of drug-likeness (QED) is 0.476. The lowest BCUT2D eigenvalue weighted by molar-refractivity contribution is -0.131. The number of hydrogen-bond donors (Lipinski definition) is 2. The van der Waals surface area contributed by atoms with Crippen LogP contribution in [0.1, 0.15) is 47.7 Å². The normalized spacial score (nSPS) is 19.7. The summed E-state index contributed by atoms with van der Waals surface area (Å²) in [5.41, 5.74) is 10.5. The highest BCUT2D eigenvalue weighted by molar-refractivity contribution is 5.85. The molecular formula is C25H30F2N2O3. The van der Waals surface area contributed by atoms with Gasteiger partial charge in [-0.3, -0.25) is 9.29 Å². The molecular weight excluding hydrogens is 414 g/mol. The van der Waals surface area contributed by atoms with Crippen molar-refractivity contribution in [3.8, 4) is 5.75 Å². The fourth-order valence-electron chi connectivity index (χ4n) is 4.49. The average molecular weight is 445 g/mol. The van der Waals surface area contributed by atoms with Gasteiger partial charge in [0.2, 0.25) is 0 Å². The summed E-state index contributed by atoms with van der Waals surface area (Å²) in [7, 11) is 1.46. The fraction of sp³-hybridized carbons (Fsp3) is 0.400. The molecule has 0 aliphatic carbocycles. The first-order chi connectivity index (χ1) is 15.2. The van der Waals surface area contributed by atoms with Gasteiger partial charge in [0, 0.05) is 24.4 Å². The number of anilines is 1. The van der Waals surface area contributed by atoms with Crippen LogP contribution in [0.2, 0.25) is 0 Å². The van der Waals surface area contributed by atoms with Gasteiger partial charge in [-0.05, 0) is 72.7 Å². The van der Waals surface area contributed by atoms with Gasteiger partial charge in [0.05, 0.1) is 25.4 Å². The predicted molar refractivity (Wildman–Crippen MR) is 122 cm³/mol. The second kappa shape index (κ2) is 9.69. The minimum absolute atomic E-state index is 0.0256. The van der Waals surface area contributed by atoms with Gasteiger partial charge in [0.1, 0.15) is 11.6 Å². The lowest BCUT2D eigenvalue weighted by Gasteiger charge is -2.44. The maximum atomic E-state index is 15.6. The number of methoxy groups -OCH3 is 1. The summed E-state index contributed by atoms with van der Waals surface area (Å²) in [5.74, 6) is -1.54. The van der Waals surface area contributed by atoms with Crippen molar-refractivity contribution in [2.45, 2.75) is 39.3 Å². The molecule has 0 saturated heterocycles. The predicted octanol–water partition coefficient (Wildman–Crippen LogP) is 4.76. The van der Waals surface area contributed by atoms with Crippen LogP contribution >= 0.6 is 0 Å². The van der Waals surface area contributed by atoms with Crippen molar-refractivity contribution in [1.82, 2.24) is 4.90 Å². The number of ether oxygens (including phenoxy) is 1. The van der Waals surface area contributed by atoms with Crippen LogP contribution in [-0.4, -0.2) is 42.3 Å². The Bertz CT molecular complexity index is 1040. The summed E-state index contributed by atoms with van der Waals surface area (Å²) >= 11 is 0. The lowest BCUT2D eigenvalue weighted by atomic mass is 9.81. The summed E-state index contributed by atoms with van der Waals surface area (Å²) in [6, 6.07) is 6.20. The Morgan fingerprint density at radius 3 is 2.75 bits per heavy atom. The van der Waals surface area contributed by atoms with Gasteiger partial charge in [-0.2, -0.15) is 0 Å². The molecule has 1 unspecified atom stereocenters. The van der Waals surface area contributed by atoms with Crippen molar-refractivity contribution >= 4 is 17.7 Å². The van der Waals surface area contributed by atoms with Crippen molar-refractivity contribution in [1.29, 1.82) is 0 Å². The lowest BCUT2D eigenvalue weighted by Crippen LogP contribution is -2.45. The SMILES string of the molecule is COc1cc(/C=C/C(=O)O)cc(F)c1C1c2ccc(N)c(C)c2C[C@@H](C)N1C[C@H](C)CF. The average Bonchev–Trinajstić information content (AvgIpc) is 2.75. The summed E-state index contributed by atoms with van der Waals surface area (Å²) in [6.45, 7) is 5.83. The molecule has 7 heteroatoms. The third-order valence-corrected chi connectivity index (χ3v) is 6.18. The number of carbonyl (C=O) groups is 1. The summed E-state index contributed by atoms with van der Waals surface area (Å²) < 4.78 is 34.6. The molecule has 0 radical (unpaired) electrons. The van der Waals surface area contributed by atoms with Crippen LogP contribution in [0.25, 0.3) is 6.08 Å². The van der Waals surface area contributed by atoms with Crippen molar-refractivity contribution in [2.75, 3.05) is 26.1 Å². The largest absolute Gasteiger partial charge is 0.496 e. The highest BCUT2D eigenvalue weighted by atomic mass is 19.1. The van der Waals surface area contributed by atoms with E-state index in [1.54, 1.807) is 6.07 Å². The number of carboxylic acid groups (broad SMARTS) is 1. The number of benzene rings is 2. The maximum absolute atomic E-state index is 15.6. The van der Waals surface area contributed by atoms with Crippen molar-refractivity contribution in [3.63, 3.8) is 0 Å². The van der Waals surface area contributed by atoms with Crippen LogP contribution < -0.4 is 10.5 Å². The molecule has 3 N–H and O–H groups in total. The Kier molecular flexibility index (Phi) is 7.19. The number of nitrogen functional groups attached to an aromatic ring is 1. The van der Waals surface area contributed by atoms with Gasteiger partial charge in [-0.1, -0.05) is 13.0 Å². The second-order valence-electron chi connectivity index (χ2n) is 8.55. The Labute approximate surface area is 187 Å². The molecule has 172 valence electrons. The topological polar surface area (TPSA) is 75.8 Å². The molecule has 5 nitrogen and oxygen atoms in total. The van der Waals surface area contributed by atoms with Gasteiger partial charge in [-0.25, -0.2) is 9.18 Å². The van der Waals surface area contributed by atoms with Gasteiger partial charge in [0.15, 0.2) is 0 Å². The molecule has 32 heavy (non-hydrogen) atoms. The van der Waals surface area contributed by atoms with E-state index >= 15 is 4.39 Å². The van der Waals surface area contributed by atoms with E-state index in [0.29, 0.717) is 29.1 Å². The van der Waals surface area contributed by atoms with Crippen LogP contribution in [0.3, 0.4) is 0 Å². The number of fused-ring (bicyclic) bond motifs is 1. The molecule has 2 aromatic rings. The van der Waals surface area contributed by atoms with Crippen molar-refractivity contribution < 1.29 is 23.4 Å². The first-order valence-corrected chi connectivity index (χ1v) is 10.7. The standard InChI is InChI=1S/C25H30F2N2O3/c1-14(12-26)13-29-15(2)9-19-16(3)21(28)7-6-18(19)25(29)24-20(27)10-17(5-8-23(30)31)11-22(24)32-4/h5-8,10-11,14-15,25H,9,12-13,28H2,1-4H3,(H,30,31)/b8-5+/t14-,15-,25?/m1/s1. The Morgan fingerprint density at radius 2 is 2.12 bits per heavy atom. The van der Waals surface area contributed by atoms with Crippen LogP contribution in [0.4, 0.5) is 14.5 Å². The molecule has 0 aromatic heterocycles. The third-order valence-electron chi connectivity index (χ3n) is 6.18. The number of rotatable bonds is 7. The van der Waals surface area contributed by atoms with E-state index in [-0.39, 0.29) is 12.0 Å². The third kappa shape index (κ3) is 4.63. The molecule has 2 aromatic carbocycles. The van der Waals surface area contributed by atoms with Gasteiger partial charge < -0.3 is 15.6 Å². The highest BCUT2D eigenvalue weighted by Crippen LogP contribution is 2.44. The van der Waals surface area contributed by atoms with Gasteiger partial charge in [0.25, 0.3) is 0 Å². The zero-order valence-corrected chi connectivity index (χ0v) is 18.9. The summed E-state index contributed by atoms with van der Waals surface area (Å²) in [5, 5.41) is 8.90. The zero-order chi connectivity index (χ0) is 23.6. The van der Waals surface area contributed by atoms with E-state index in [4.69, 9.17) is 15.6 Å². The number of carboxylic acids is 1. The van der Waals surface area contributed by atoms with Gasteiger partial charge >= 0.3 is 5.97 Å². The molecule has 1 aliphatic heterocycles. The molecule has 0 fully saturated rings. The van der Waals surface area contributed by atoms with E-state index < -0.39 is 24.5 Å². The number of alkyl halides is 1. The van der Waals surface area contributed by atoms with Crippen molar-refractivity contribution in [3.05, 3.63) is 64.0 Å². The molecule has 1 aliphatic rings. The van der Waals surface area contributed by atoms with Crippen molar-refractivity contribution in [2.24, 2.45) is 5.92 Å². The van der Waals surface area contributed by atoms with Crippen LogP contribution in [-0.2, 0) is 11.2 Å². The highest BCUT2D eigenvalue weighted by Gasteiger charge is 2.38. The van der Waals surface area contributed by atoms with E-state index in [2.05, 4.69) is 11.8 Å². The van der Waals surface area contributed by atoms with E-state index in [1.165, 1.54) is 19.3 Å². The fourth-order valence-corrected chi connectivity index (χ4v) is 4.49. The van der Waals surface area contributed by atoms with Crippen LogP contribution in [0.15, 0.2) is 30.3 Å². The zero-order valence-electron chi connectivity index (χ0n) is 18.9. The minimum atomic E-state index is -1.12. The summed E-state index contributed by atoms with van der Waals surface area (Å²) in [4.78, 5) is 13.0. The molecule has 0 saturated carbocycles. The number of aliphatic carboxylic acids is 1. The Morgan fingerprint density at radius 1 is 1.41 bits per heavy atom. The van der Waals surface area contributed by atoms with E-state index in [1.807, 2.05) is 26.0 Å². The van der Waals surface area contributed by atoms with Gasteiger partial charge in [-0.15, -0.1) is 0 Å². The number of nitrogens with zero attached hydrogens (tertiary/aromatic N) is 1. The molecule has 3 rings (SSSR count). The summed E-state index contributed by atoms with van der Waals surface area (Å²) in [6.07, 6.45) is 3.00. The Balaban J connectivity index is 2.23. The molecule has 0 amide bonds. The smallest absolute Gasteiger partial charge is 0.328 e. The first-order valence-electron chi connectivity index (χ1n) is 10.7. The van der Waals surface area contributed by atoms with E-state index in [0.717, 1.165) is 29.2 Å². The molecule has 1 heterocycles. The number of halogens is 2. The van der Waals surface area contributed by atoms with E-state index in [9.17, 15) is 9.18 Å².